The van der Waals surface area contributed by atoms with Gasteiger partial charge in [-0.05, 0) is 42.7 Å². The molecule has 0 saturated carbocycles. The number of para-hydroxylation sites is 1. The molecule has 3 rings (SSSR count). The standard InChI is InChI=1S/C19H21FN2O2/c1-24-18-8-7-15(13-16(18)20)19(23)21-10-4-11-22-12-9-14-5-2-3-6-17(14)22/h2-3,5-8,13H,4,9-12H2,1H3,(H,21,23). The maximum atomic E-state index is 13.6. The van der Waals surface area contributed by atoms with Crippen LogP contribution < -0.4 is 15.0 Å². The smallest absolute Gasteiger partial charge is 0.251 e. The van der Waals surface area contributed by atoms with Gasteiger partial charge in [0, 0.05) is 30.9 Å². The molecule has 0 aliphatic carbocycles. The van der Waals surface area contributed by atoms with E-state index < -0.39 is 5.82 Å². The van der Waals surface area contributed by atoms with Crippen molar-refractivity contribution in [3.05, 3.63) is 59.4 Å². The summed E-state index contributed by atoms with van der Waals surface area (Å²) in [6, 6.07) is 12.6. The molecule has 0 atom stereocenters. The Bertz CT molecular complexity index is 733. The number of halogens is 1. The lowest BCUT2D eigenvalue weighted by molar-refractivity contribution is 0.0953. The van der Waals surface area contributed by atoms with Crippen LogP contribution in [0.1, 0.15) is 22.3 Å². The maximum Gasteiger partial charge on any atom is 0.251 e. The molecule has 0 bridgehead atoms. The molecule has 1 amide bonds. The zero-order valence-electron chi connectivity index (χ0n) is 13.7. The molecular formula is C19H21FN2O2. The van der Waals surface area contributed by atoms with Crippen LogP contribution in [0.2, 0.25) is 0 Å². The highest BCUT2D eigenvalue weighted by atomic mass is 19.1. The van der Waals surface area contributed by atoms with E-state index in [4.69, 9.17) is 4.74 Å². The van der Waals surface area contributed by atoms with Gasteiger partial charge in [0.2, 0.25) is 0 Å². The van der Waals surface area contributed by atoms with Gasteiger partial charge in [0.25, 0.3) is 5.91 Å². The van der Waals surface area contributed by atoms with Crippen LogP contribution in [0.15, 0.2) is 42.5 Å². The topological polar surface area (TPSA) is 41.6 Å². The van der Waals surface area contributed by atoms with E-state index in [1.807, 2.05) is 0 Å². The van der Waals surface area contributed by atoms with E-state index in [1.165, 1.54) is 30.5 Å². The molecule has 0 fully saturated rings. The highest BCUT2D eigenvalue weighted by Gasteiger charge is 2.17. The minimum absolute atomic E-state index is 0.138. The van der Waals surface area contributed by atoms with Crippen LogP contribution in [0.3, 0.4) is 0 Å². The van der Waals surface area contributed by atoms with Crippen LogP contribution in [0.25, 0.3) is 0 Å². The number of amides is 1. The third-order valence-electron chi connectivity index (χ3n) is 4.29. The van der Waals surface area contributed by atoms with Gasteiger partial charge in [-0.1, -0.05) is 18.2 Å². The van der Waals surface area contributed by atoms with E-state index >= 15 is 0 Å². The number of fused-ring (bicyclic) bond motifs is 1. The zero-order valence-corrected chi connectivity index (χ0v) is 13.7. The van der Waals surface area contributed by atoms with E-state index in [1.54, 1.807) is 6.07 Å². The van der Waals surface area contributed by atoms with Crippen molar-refractivity contribution in [2.45, 2.75) is 12.8 Å². The fourth-order valence-corrected chi connectivity index (χ4v) is 3.02. The van der Waals surface area contributed by atoms with Gasteiger partial charge in [0.1, 0.15) is 0 Å². The first-order valence-corrected chi connectivity index (χ1v) is 8.13. The fraction of sp³-hybridized carbons (Fsp3) is 0.316. The monoisotopic (exact) mass is 328 g/mol. The molecule has 4 nitrogen and oxygen atoms in total. The van der Waals surface area contributed by atoms with Crippen molar-refractivity contribution in [2.24, 2.45) is 0 Å². The number of ether oxygens (including phenoxy) is 1. The molecule has 2 aromatic carbocycles. The molecule has 1 aliphatic rings. The Hall–Kier alpha value is -2.56. The zero-order chi connectivity index (χ0) is 16.9. The van der Waals surface area contributed by atoms with Crippen LogP contribution >= 0.6 is 0 Å². The van der Waals surface area contributed by atoms with Crippen LogP contribution in [-0.2, 0) is 6.42 Å². The Balaban J connectivity index is 1.47. The highest BCUT2D eigenvalue weighted by molar-refractivity contribution is 5.94. The summed E-state index contributed by atoms with van der Waals surface area (Å²) in [5.41, 5.74) is 2.98. The Kier molecular flexibility index (Phi) is 4.99. The average molecular weight is 328 g/mol. The number of anilines is 1. The predicted molar refractivity (Wildman–Crippen MR) is 92.3 cm³/mol. The molecule has 0 aromatic heterocycles. The van der Waals surface area contributed by atoms with Gasteiger partial charge in [-0.25, -0.2) is 4.39 Å². The lowest BCUT2D eigenvalue weighted by Gasteiger charge is -2.19. The number of methoxy groups -OCH3 is 1. The molecule has 0 unspecified atom stereocenters. The Morgan fingerprint density at radius 3 is 2.92 bits per heavy atom. The van der Waals surface area contributed by atoms with E-state index in [0.29, 0.717) is 12.1 Å². The van der Waals surface area contributed by atoms with Crippen molar-refractivity contribution in [1.82, 2.24) is 5.32 Å². The van der Waals surface area contributed by atoms with Crippen LogP contribution in [0, 0.1) is 5.82 Å². The van der Waals surface area contributed by atoms with Gasteiger partial charge in [0.05, 0.1) is 7.11 Å². The molecule has 24 heavy (non-hydrogen) atoms. The Morgan fingerprint density at radius 1 is 1.29 bits per heavy atom. The van der Waals surface area contributed by atoms with Crippen molar-refractivity contribution in [2.75, 3.05) is 31.6 Å². The second-order valence-electron chi connectivity index (χ2n) is 5.82. The first-order valence-electron chi connectivity index (χ1n) is 8.13. The number of hydrogen-bond donors (Lipinski definition) is 1. The summed E-state index contributed by atoms with van der Waals surface area (Å²) in [6.07, 6.45) is 1.92. The summed E-state index contributed by atoms with van der Waals surface area (Å²) in [7, 11) is 1.40. The van der Waals surface area contributed by atoms with Gasteiger partial charge in [-0.15, -0.1) is 0 Å². The minimum atomic E-state index is -0.529. The van der Waals surface area contributed by atoms with Crippen LogP contribution in [0.4, 0.5) is 10.1 Å². The number of carbonyl (C=O) groups is 1. The van der Waals surface area contributed by atoms with Crippen molar-refractivity contribution in [3.63, 3.8) is 0 Å². The van der Waals surface area contributed by atoms with Crippen molar-refractivity contribution in [1.29, 1.82) is 0 Å². The third-order valence-corrected chi connectivity index (χ3v) is 4.29. The Morgan fingerprint density at radius 2 is 2.12 bits per heavy atom. The normalized spacial score (nSPS) is 12.8. The summed E-state index contributed by atoms with van der Waals surface area (Å²) in [6.45, 7) is 2.48. The number of carbonyl (C=O) groups excluding carboxylic acids is 1. The molecule has 1 N–H and O–H groups in total. The van der Waals surface area contributed by atoms with Crippen molar-refractivity contribution < 1.29 is 13.9 Å². The summed E-state index contributed by atoms with van der Waals surface area (Å²) < 4.78 is 18.5. The summed E-state index contributed by atoms with van der Waals surface area (Å²) in [5, 5.41) is 2.84. The maximum absolute atomic E-state index is 13.6. The summed E-state index contributed by atoms with van der Waals surface area (Å²) in [4.78, 5) is 14.4. The first-order chi connectivity index (χ1) is 11.7. The fourth-order valence-electron chi connectivity index (χ4n) is 3.02. The van der Waals surface area contributed by atoms with Gasteiger partial charge in [-0.2, -0.15) is 0 Å². The highest BCUT2D eigenvalue weighted by Crippen LogP contribution is 2.27. The molecule has 0 spiro atoms. The van der Waals surface area contributed by atoms with E-state index in [9.17, 15) is 9.18 Å². The molecule has 126 valence electrons. The molecule has 0 radical (unpaired) electrons. The van der Waals surface area contributed by atoms with Crippen LogP contribution in [0.5, 0.6) is 5.75 Å². The van der Waals surface area contributed by atoms with Gasteiger partial charge >= 0.3 is 0 Å². The number of nitrogens with one attached hydrogen (secondary N) is 1. The lowest BCUT2D eigenvalue weighted by atomic mass is 10.2. The molecule has 1 heterocycles. The predicted octanol–water partition coefficient (Wildman–Crippen LogP) is 3.02. The minimum Gasteiger partial charge on any atom is -0.494 e. The SMILES string of the molecule is COc1ccc(C(=O)NCCCN2CCc3ccccc32)cc1F. The third kappa shape index (κ3) is 3.50. The second-order valence-corrected chi connectivity index (χ2v) is 5.82. The molecule has 1 aliphatic heterocycles. The molecule has 0 saturated heterocycles. The second kappa shape index (κ2) is 7.34. The number of benzene rings is 2. The molecular weight excluding hydrogens is 307 g/mol. The van der Waals surface area contributed by atoms with E-state index in [-0.39, 0.29) is 11.7 Å². The van der Waals surface area contributed by atoms with Gasteiger partial charge in [-0.3, -0.25) is 4.79 Å². The summed E-state index contributed by atoms with van der Waals surface area (Å²) in [5.74, 6) is -0.656. The first kappa shape index (κ1) is 16.3. The van der Waals surface area contributed by atoms with Crippen molar-refractivity contribution in [3.8, 4) is 5.75 Å². The van der Waals surface area contributed by atoms with Crippen molar-refractivity contribution >= 4 is 11.6 Å². The number of nitrogens with zero attached hydrogens (tertiary/aromatic N) is 1. The number of hydrogen-bond acceptors (Lipinski definition) is 3. The molecule has 5 heteroatoms. The quantitative estimate of drug-likeness (QED) is 0.829. The summed E-state index contributed by atoms with van der Waals surface area (Å²) >= 11 is 0. The van der Waals surface area contributed by atoms with E-state index in [2.05, 4.69) is 34.5 Å². The molecule has 2 aromatic rings. The van der Waals surface area contributed by atoms with E-state index in [0.717, 1.165) is 25.9 Å². The average Bonchev–Trinajstić information content (AvgIpc) is 3.01. The largest absolute Gasteiger partial charge is 0.494 e. The lowest BCUT2D eigenvalue weighted by Crippen LogP contribution is -2.29. The van der Waals surface area contributed by atoms with Gasteiger partial charge < -0.3 is 15.0 Å². The number of rotatable bonds is 6. The van der Waals surface area contributed by atoms with Crippen LogP contribution in [-0.4, -0.2) is 32.7 Å². The Labute approximate surface area is 141 Å². The van der Waals surface area contributed by atoms with Gasteiger partial charge in [0.15, 0.2) is 11.6 Å².